The Morgan fingerprint density at radius 1 is 0.553 bits per heavy atom. The zero-order chi connectivity index (χ0) is 30.6. The second-order valence-corrected chi connectivity index (χ2v) is 10.3. The van der Waals surface area contributed by atoms with E-state index in [9.17, 15) is 0 Å². The molecule has 0 saturated carbocycles. The molecule has 0 radical (unpaired) electrons. The van der Waals surface area contributed by atoms with E-state index in [4.69, 9.17) is 5.73 Å². The standard InChI is InChI=1S/C15H22N4.2C8H10N4.3ClH.Os/c1-13-7-6-8-14(18-13)15-17-10-12-19(15)11-5-3-2-4-9-16;2*1-11-5-3-9-7(11)8-10-4-6-12(8)2;;;;/h6-8,10,12H,2-5,9,11,16H2,1H3;2*3-6H,1-2H3;3*1H;/p-3. The fourth-order valence-corrected chi connectivity index (χ4v) is 4.49. The molecule has 12 nitrogen and oxygen atoms in total. The Morgan fingerprint density at radius 2 is 0.957 bits per heavy atom. The zero-order valence-electron chi connectivity index (χ0n) is 27.2. The molecule has 0 aliphatic rings. The van der Waals surface area contributed by atoms with E-state index in [0.29, 0.717) is 0 Å². The number of rotatable bonds is 9. The molecule has 6 aromatic rings. The first-order valence-corrected chi connectivity index (χ1v) is 14.4. The molecule has 6 rings (SSSR count). The summed E-state index contributed by atoms with van der Waals surface area (Å²) in [5.74, 6) is 4.53. The molecule has 0 aromatic carbocycles. The van der Waals surface area contributed by atoms with Gasteiger partial charge in [-0.05, 0) is 38.4 Å². The number of hydrogen-bond donors (Lipinski definition) is 1. The average Bonchev–Trinajstić information content (AvgIpc) is 3.83. The molecule has 0 aliphatic carbocycles. The van der Waals surface area contributed by atoms with Crippen molar-refractivity contribution in [2.45, 2.75) is 39.2 Å². The van der Waals surface area contributed by atoms with E-state index in [0.717, 1.165) is 66.4 Å². The van der Waals surface area contributed by atoms with Crippen LogP contribution in [0.1, 0.15) is 31.4 Å². The van der Waals surface area contributed by atoms with Crippen molar-refractivity contribution in [3.63, 3.8) is 0 Å². The van der Waals surface area contributed by atoms with Crippen LogP contribution in [-0.2, 0) is 54.5 Å². The summed E-state index contributed by atoms with van der Waals surface area (Å²) in [6.07, 6.45) is 23.3. The van der Waals surface area contributed by atoms with Crippen LogP contribution in [0, 0.1) is 6.92 Å². The molecule has 6 heterocycles. The van der Waals surface area contributed by atoms with Crippen molar-refractivity contribution < 1.29 is 57.0 Å². The van der Waals surface area contributed by atoms with Gasteiger partial charge in [0.2, 0.25) is 0 Å². The maximum absolute atomic E-state index is 5.50. The van der Waals surface area contributed by atoms with Gasteiger partial charge in [-0.2, -0.15) is 0 Å². The van der Waals surface area contributed by atoms with Gasteiger partial charge >= 0.3 is 0 Å². The van der Waals surface area contributed by atoms with E-state index in [1.807, 2.05) is 109 Å². The molecule has 16 heteroatoms. The number of imidazole rings is 5. The third-order valence-corrected chi connectivity index (χ3v) is 6.87. The predicted molar refractivity (Wildman–Crippen MR) is 169 cm³/mol. The Bertz CT molecular complexity index is 1530. The minimum Gasteiger partial charge on any atom is -1.00 e. The van der Waals surface area contributed by atoms with Gasteiger partial charge in [0.1, 0.15) is 5.69 Å². The van der Waals surface area contributed by atoms with Crippen LogP contribution in [0.2, 0.25) is 0 Å². The van der Waals surface area contributed by atoms with Crippen LogP contribution in [0.25, 0.3) is 34.8 Å². The number of hydrogen-bond acceptors (Lipinski definition) is 7. The number of pyridine rings is 1. The Kier molecular flexibility index (Phi) is 20.7. The van der Waals surface area contributed by atoms with Crippen molar-refractivity contribution in [2.24, 2.45) is 33.9 Å². The Hall–Kier alpha value is -3.33. The van der Waals surface area contributed by atoms with Gasteiger partial charge in [-0.1, -0.05) is 18.9 Å². The number of halogens is 3. The van der Waals surface area contributed by atoms with Gasteiger partial charge in [-0.25, -0.2) is 29.9 Å². The van der Waals surface area contributed by atoms with Gasteiger partial charge in [0.25, 0.3) is 0 Å². The summed E-state index contributed by atoms with van der Waals surface area (Å²) in [5.41, 5.74) is 7.47. The largest absolute Gasteiger partial charge is 1.00 e. The van der Waals surface area contributed by atoms with Gasteiger partial charge < -0.3 is 65.8 Å². The Labute approximate surface area is 308 Å². The number of aryl methyl sites for hydroxylation is 6. The molecule has 0 saturated heterocycles. The molecular formula is C31H42Cl3N12Os-3. The van der Waals surface area contributed by atoms with Crippen LogP contribution < -0.4 is 43.0 Å². The SMILES string of the molecule is Cc1cccc(-c2nccn2CCCCCCN)n1.Cn1ccnc1-c1nccn1C.Cn1ccnc1-c1nccn1C.[Cl-].[Cl-].[Cl-].[Os]. The summed E-state index contributed by atoms with van der Waals surface area (Å²) in [6.45, 7) is 3.79. The molecular weight excluding hydrogens is 837 g/mol. The van der Waals surface area contributed by atoms with Crippen LogP contribution in [0.3, 0.4) is 0 Å². The summed E-state index contributed by atoms with van der Waals surface area (Å²) < 4.78 is 9.97. The van der Waals surface area contributed by atoms with Crippen molar-refractivity contribution in [1.29, 1.82) is 0 Å². The summed E-state index contributed by atoms with van der Waals surface area (Å²) in [7, 11) is 7.82. The topological polar surface area (TPSA) is 128 Å². The molecule has 258 valence electrons. The van der Waals surface area contributed by atoms with Crippen LogP contribution in [-0.4, -0.2) is 59.3 Å². The van der Waals surface area contributed by atoms with Crippen molar-refractivity contribution >= 4 is 0 Å². The van der Waals surface area contributed by atoms with E-state index < -0.39 is 0 Å². The molecule has 47 heavy (non-hydrogen) atoms. The first-order chi connectivity index (χ1) is 20.9. The van der Waals surface area contributed by atoms with Gasteiger partial charge in [0.15, 0.2) is 29.1 Å². The van der Waals surface area contributed by atoms with Gasteiger partial charge in [-0.3, -0.25) is 0 Å². The van der Waals surface area contributed by atoms with Gasteiger partial charge in [0.05, 0.1) is 0 Å². The van der Waals surface area contributed by atoms with Gasteiger partial charge in [-0.15, -0.1) is 0 Å². The summed E-state index contributed by atoms with van der Waals surface area (Å²) >= 11 is 0. The average molecular weight is 879 g/mol. The Morgan fingerprint density at radius 3 is 1.34 bits per heavy atom. The van der Waals surface area contributed by atoms with Crippen molar-refractivity contribution in [1.82, 2.24) is 52.7 Å². The van der Waals surface area contributed by atoms with Gasteiger partial charge in [0, 0.05) is 122 Å². The van der Waals surface area contributed by atoms with Crippen molar-refractivity contribution in [2.75, 3.05) is 6.54 Å². The first kappa shape index (κ1) is 43.7. The zero-order valence-corrected chi connectivity index (χ0v) is 32.0. The van der Waals surface area contributed by atoms with Crippen LogP contribution in [0.5, 0.6) is 0 Å². The smallest absolute Gasteiger partial charge is 0.176 e. The minimum absolute atomic E-state index is 0. The third kappa shape index (κ3) is 12.3. The minimum atomic E-state index is 0. The predicted octanol–water partition coefficient (Wildman–Crippen LogP) is -4.58. The second kappa shape index (κ2) is 22.3. The third-order valence-electron chi connectivity index (χ3n) is 6.87. The summed E-state index contributed by atoms with van der Waals surface area (Å²) in [5, 5.41) is 0. The van der Waals surface area contributed by atoms with Crippen LogP contribution >= 0.6 is 0 Å². The summed E-state index contributed by atoms with van der Waals surface area (Å²) in [4.78, 5) is 25.8. The molecule has 2 N–H and O–H groups in total. The number of unbranched alkanes of at least 4 members (excludes halogenated alkanes) is 3. The van der Waals surface area contributed by atoms with Crippen molar-refractivity contribution in [3.05, 3.63) is 85.9 Å². The number of nitrogens with two attached hydrogens (primary N) is 1. The normalized spacial score (nSPS) is 9.74. The number of aromatic nitrogens is 11. The van der Waals surface area contributed by atoms with Crippen molar-refractivity contribution in [3.8, 4) is 34.8 Å². The molecule has 0 aliphatic heterocycles. The maximum atomic E-state index is 5.50. The molecule has 0 atom stereocenters. The van der Waals surface area contributed by atoms with E-state index in [1.165, 1.54) is 12.8 Å². The first-order valence-electron chi connectivity index (χ1n) is 14.4. The molecule has 0 fully saturated rings. The van der Waals surface area contributed by atoms with E-state index in [2.05, 4.69) is 34.5 Å². The summed E-state index contributed by atoms with van der Waals surface area (Å²) in [6, 6.07) is 6.04. The number of nitrogens with zero attached hydrogens (tertiary/aromatic N) is 11. The molecule has 0 amide bonds. The molecule has 0 bridgehead atoms. The molecule has 6 aromatic heterocycles. The second-order valence-electron chi connectivity index (χ2n) is 10.3. The fraction of sp³-hybridized carbons (Fsp3) is 0.355. The van der Waals surface area contributed by atoms with E-state index in [-0.39, 0.29) is 57.0 Å². The van der Waals surface area contributed by atoms with E-state index in [1.54, 1.807) is 24.8 Å². The monoisotopic (exact) mass is 879 g/mol. The molecule has 0 spiro atoms. The quantitative estimate of drug-likeness (QED) is 0.145. The van der Waals surface area contributed by atoms with Crippen LogP contribution in [0.4, 0.5) is 0 Å². The van der Waals surface area contributed by atoms with E-state index >= 15 is 0 Å². The fourth-order valence-electron chi connectivity index (χ4n) is 4.49. The maximum Gasteiger partial charge on any atom is 0.176 e. The van der Waals surface area contributed by atoms with Crippen LogP contribution in [0.15, 0.2) is 80.2 Å². The molecule has 0 unspecified atom stereocenters. The Balaban J connectivity index is 0.000000670.